The van der Waals surface area contributed by atoms with Crippen molar-refractivity contribution in [2.45, 2.75) is 20.3 Å². The van der Waals surface area contributed by atoms with Crippen molar-refractivity contribution < 1.29 is 9.72 Å². The highest BCUT2D eigenvalue weighted by Gasteiger charge is 2.30. The number of anilines is 1. The van der Waals surface area contributed by atoms with Crippen LogP contribution in [0.4, 0.5) is 11.4 Å². The van der Waals surface area contributed by atoms with Crippen LogP contribution < -0.4 is 5.73 Å². The molecule has 20 heavy (non-hydrogen) atoms. The highest BCUT2D eigenvalue weighted by molar-refractivity contribution is 5.99. The number of carbonyl (C=O) groups is 1. The van der Waals surface area contributed by atoms with Crippen molar-refractivity contribution in [3.05, 3.63) is 33.9 Å². The molecule has 2 rings (SSSR count). The standard InChI is InChI=1S/C14H19N3O3/c1-9(2)10-5-6-16(8-10)14(18)12-7-11(17(19)20)3-4-13(12)15/h3-4,7,9-10H,5-6,8,15H2,1-2H3. The molecule has 1 aliphatic heterocycles. The van der Waals surface area contributed by atoms with Gasteiger partial charge in [-0.3, -0.25) is 14.9 Å². The molecule has 1 saturated heterocycles. The first kappa shape index (κ1) is 14.3. The molecular formula is C14H19N3O3. The van der Waals surface area contributed by atoms with E-state index in [4.69, 9.17) is 5.73 Å². The van der Waals surface area contributed by atoms with Gasteiger partial charge in [0.2, 0.25) is 0 Å². The van der Waals surface area contributed by atoms with Crippen LogP contribution in [-0.4, -0.2) is 28.8 Å². The zero-order valence-electron chi connectivity index (χ0n) is 11.7. The van der Waals surface area contributed by atoms with Gasteiger partial charge in [-0.1, -0.05) is 13.8 Å². The zero-order chi connectivity index (χ0) is 14.9. The smallest absolute Gasteiger partial charge is 0.270 e. The van der Waals surface area contributed by atoms with Crippen LogP contribution in [0.15, 0.2) is 18.2 Å². The summed E-state index contributed by atoms with van der Waals surface area (Å²) in [5.41, 5.74) is 6.18. The first-order valence-corrected chi connectivity index (χ1v) is 6.73. The molecule has 0 radical (unpaired) electrons. The van der Waals surface area contributed by atoms with Crippen LogP contribution in [0.1, 0.15) is 30.6 Å². The van der Waals surface area contributed by atoms with Crippen LogP contribution in [0.25, 0.3) is 0 Å². The summed E-state index contributed by atoms with van der Waals surface area (Å²) < 4.78 is 0. The molecule has 108 valence electrons. The van der Waals surface area contributed by atoms with E-state index in [-0.39, 0.29) is 22.8 Å². The number of non-ortho nitro benzene ring substituents is 1. The second-order valence-electron chi connectivity index (χ2n) is 5.57. The number of hydrogen-bond acceptors (Lipinski definition) is 4. The molecule has 1 atom stereocenters. The molecule has 0 bridgehead atoms. The molecule has 2 N–H and O–H groups in total. The lowest BCUT2D eigenvalue weighted by atomic mass is 9.95. The number of nitro benzene ring substituents is 1. The largest absolute Gasteiger partial charge is 0.398 e. The van der Waals surface area contributed by atoms with Crippen molar-refractivity contribution in [3.8, 4) is 0 Å². The Kier molecular flexibility index (Phi) is 3.92. The molecule has 0 saturated carbocycles. The first-order valence-electron chi connectivity index (χ1n) is 6.73. The first-order chi connectivity index (χ1) is 9.40. The molecule has 0 aliphatic carbocycles. The fourth-order valence-corrected chi connectivity index (χ4v) is 2.53. The van der Waals surface area contributed by atoms with Crippen molar-refractivity contribution in [2.75, 3.05) is 18.8 Å². The average molecular weight is 277 g/mol. The molecule has 1 fully saturated rings. The monoisotopic (exact) mass is 277 g/mol. The predicted octanol–water partition coefficient (Wildman–Crippen LogP) is 2.30. The van der Waals surface area contributed by atoms with Crippen LogP contribution >= 0.6 is 0 Å². The summed E-state index contributed by atoms with van der Waals surface area (Å²) in [5.74, 6) is 0.795. The van der Waals surface area contributed by atoms with Gasteiger partial charge < -0.3 is 10.6 Å². The van der Waals surface area contributed by atoms with E-state index in [9.17, 15) is 14.9 Å². The molecule has 1 unspecified atom stereocenters. The molecule has 1 aromatic carbocycles. The number of rotatable bonds is 3. The number of nitrogen functional groups attached to an aromatic ring is 1. The topological polar surface area (TPSA) is 89.5 Å². The van der Waals surface area contributed by atoms with E-state index in [0.29, 0.717) is 24.9 Å². The van der Waals surface area contributed by atoms with E-state index in [2.05, 4.69) is 13.8 Å². The van der Waals surface area contributed by atoms with Crippen LogP contribution in [0.2, 0.25) is 0 Å². The van der Waals surface area contributed by atoms with Gasteiger partial charge in [-0.05, 0) is 24.3 Å². The Bertz CT molecular complexity index is 542. The number of hydrogen-bond donors (Lipinski definition) is 1. The average Bonchev–Trinajstić information content (AvgIpc) is 2.88. The molecule has 1 amide bonds. The molecule has 6 nitrogen and oxygen atoms in total. The highest BCUT2D eigenvalue weighted by atomic mass is 16.6. The molecule has 6 heteroatoms. The van der Waals surface area contributed by atoms with Gasteiger partial charge >= 0.3 is 0 Å². The normalized spacial score (nSPS) is 18.6. The minimum atomic E-state index is -0.517. The van der Waals surface area contributed by atoms with Gasteiger partial charge in [0.15, 0.2) is 0 Å². The summed E-state index contributed by atoms with van der Waals surface area (Å²) in [7, 11) is 0. The maximum atomic E-state index is 12.4. The van der Waals surface area contributed by atoms with E-state index in [1.54, 1.807) is 4.90 Å². The number of nitro groups is 1. The van der Waals surface area contributed by atoms with E-state index >= 15 is 0 Å². The molecule has 1 aromatic rings. The highest BCUT2D eigenvalue weighted by Crippen LogP contribution is 2.27. The van der Waals surface area contributed by atoms with Crippen molar-refractivity contribution in [1.82, 2.24) is 4.90 Å². The number of nitrogens with two attached hydrogens (primary N) is 1. The SMILES string of the molecule is CC(C)C1CCN(C(=O)c2cc([N+](=O)[O-])ccc2N)C1. The van der Waals surface area contributed by atoms with Crippen LogP contribution in [0, 0.1) is 22.0 Å². The second-order valence-corrected chi connectivity index (χ2v) is 5.57. The van der Waals surface area contributed by atoms with E-state index in [0.717, 1.165) is 6.42 Å². The molecule has 1 aliphatic rings. The van der Waals surface area contributed by atoms with Gasteiger partial charge in [0.1, 0.15) is 0 Å². The maximum Gasteiger partial charge on any atom is 0.270 e. The van der Waals surface area contributed by atoms with Crippen molar-refractivity contribution in [3.63, 3.8) is 0 Å². The van der Waals surface area contributed by atoms with Crippen LogP contribution in [0.5, 0.6) is 0 Å². The second kappa shape index (κ2) is 5.48. The summed E-state index contributed by atoms with van der Waals surface area (Å²) in [5, 5.41) is 10.8. The molecule has 0 spiro atoms. The van der Waals surface area contributed by atoms with Crippen LogP contribution in [-0.2, 0) is 0 Å². The molecular weight excluding hydrogens is 258 g/mol. The van der Waals surface area contributed by atoms with E-state index < -0.39 is 4.92 Å². The lowest BCUT2D eigenvalue weighted by Crippen LogP contribution is -2.30. The third-order valence-corrected chi connectivity index (χ3v) is 3.93. The van der Waals surface area contributed by atoms with E-state index in [1.165, 1.54) is 18.2 Å². The number of nitrogens with zero attached hydrogens (tertiary/aromatic N) is 2. The maximum absolute atomic E-state index is 12.4. The van der Waals surface area contributed by atoms with Gasteiger partial charge in [-0.25, -0.2) is 0 Å². The quantitative estimate of drug-likeness (QED) is 0.521. The minimum Gasteiger partial charge on any atom is -0.398 e. The van der Waals surface area contributed by atoms with Gasteiger partial charge in [0.05, 0.1) is 10.5 Å². The minimum absolute atomic E-state index is 0.109. The Hall–Kier alpha value is -2.11. The Morgan fingerprint density at radius 3 is 2.75 bits per heavy atom. The van der Waals surface area contributed by atoms with E-state index in [1.807, 2.05) is 0 Å². The summed E-state index contributed by atoms with van der Waals surface area (Å²) in [6.45, 7) is 5.66. The number of benzene rings is 1. The van der Waals surface area contributed by atoms with Gasteiger partial charge in [0, 0.05) is 30.9 Å². The fraction of sp³-hybridized carbons (Fsp3) is 0.500. The van der Waals surface area contributed by atoms with Crippen LogP contribution in [0.3, 0.4) is 0 Å². The van der Waals surface area contributed by atoms with Crippen molar-refractivity contribution in [1.29, 1.82) is 0 Å². The third kappa shape index (κ3) is 2.74. The summed E-state index contributed by atoms with van der Waals surface area (Å²) in [4.78, 5) is 24.4. The summed E-state index contributed by atoms with van der Waals surface area (Å²) in [6, 6.07) is 3.99. The van der Waals surface area contributed by atoms with Gasteiger partial charge in [-0.2, -0.15) is 0 Å². The lowest BCUT2D eigenvalue weighted by molar-refractivity contribution is -0.384. The Balaban J connectivity index is 2.21. The number of carbonyl (C=O) groups excluding carboxylic acids is 1. The lowest BCUT2D eigenvalue weighted by Gasteiger charge is -2.19. The Labute approximate surface area is 117 Å². The molecule has 1 heterocycles. The van der Waals surface area contributed by atoms with Crippen molar-refractivity contribution in [2.24, 2.45) is 11.8 Å². The Morgan fingerprint density at radius 1 is 1.50 bits per heavy atom. The number of amides is 1. The predicted molar refractivity (Wildman–Crippen MR) is 76.4 cm³/mol. The number of likely N-dealkylation sites (tertiary alicyclic amines) is 1. The van der Waals surface area contributed by atoms with Gasteiger partial charge in [-0.15, -0.1) is 0 Å². The van der Waals surface area contributed by atoms with Crippen molar-refractivity contribution >= 4 is 17.3 Å². The van der Waals surface area contributed by atoms with Gasteiger partial charge in [0.25, 0.3) is 11.6 Å². The molecule has 0 aromatic heterocycles. The zero-order valence-corrected chi connectivity index (χ0v) is 11.7. The summed E-state index contributed by atoms with van der Waals surface area (Å²) in [6.07, 6.45) is 0.970. The summed E-state index contributed by atoms with van der Waals surface area (Å²) >= 11 is 0. The fourth-order valence-electron chi connectivity index (χ4n) is 2.53. The third-order valence-electron chi connectivity index (χ3n) is 3.93. The Morgan fingerprint density at radius 2 is 2.20 bits per heavy atom.